The summed E-state index contributed by atoms with van der Waals surface area (Å²) in [6, 6.07) is 0. The SMILES string of the molecule is C=C.O=S(=O)(O)CS(=O)(=O)O.[H-].[Na+]. The molecule has 0 fully saturated rings. The van der Waals surface area contributed by atoms with Crippen molar-refractivity contribution in [2.75, 3.05) is 5.08 Å². The molecule has 0 aromatic heterocycles. The van der Waals surface area contributed by atoms with E-state index < -0.39 is 25.3 Å². The zero-order valence-electron chi connectivity index (χ0n) is 7.47. The topological polar surface area (TPSA) is 109 Å². The van der Waals surface area contributed by atoms with E-state index in [-0.39, 0.29) is 31.0 Å². The molecule has 0 spiro atoms. The van der Waals surface area contributed by atoms with E-state index in [4.69, 9.17) is 9.11 Å². The van der Waals surface area contributed by atoms with Crippen LogP contribution in [0.5, 0.6) is 0 Å². The first-order valence-electron chi connectivity index (χ1n) is 2.11. The van der Waals surface area contributed by atoms with Gasteiger partial charge in [0.1, 0.15) is 0 Å². The maximum Gasteiger partial charge on any atom is 1.00 e. The molecule has 12 heavy (non-hydrogen) atoms. The van der Waals surface area contributed by atoms with Gasteiger partial charge in [-0.05, 0) is 0 Å². The molecule has 0 saturated heterocycles. The third-order valence-corrected chi connectivity index (χ3v) is 2.68. The standard InChI is InChI=1S/C2H4.CH4O6S2.Na.H/c1-2;2-8(3,4)1-9(5,6)7;;/h1-2H2;1H2,(H,2,3,4)(H,5,6,7);;/q;;+1;-1. The maximum absolute atomic E-state index is 9.66. The van der Waals surface area contributed by atoms with Crippen molar-refractivity contribution in [1.82, 2.24) is 0 Å². The Hall–Kier alpha value is 0.560. The molecular weight excluding hydrogens is 219 g/mol. The second-order valence-electron chi connectivity index (χ2n) is 1.28. The Morgan fingerprint density at radius 1 is 1.00 bits per heavy atom. The summed E-state index contributed by atoms with van der Waals surface area (Å²) in [7, 11) is -9.24. The third-order valence-electron chi connectivity index (χ3n) is 0.298. The van der Waals surface area contributed by atoms with Gasteiger partial charge in [-0.3, -0.25) is 9.11 Å². The van der Waals surface area contributed by atoms with Crippen molar-refractivity contribution in [3.63, 3.8) is 0 Å². The first-order chi connectivity index (χ1) is 4.71. The Kier molecular flexibility index (Phi) is 10.7. The fourth-order valence-electron chi connectivity index (χ4n) is 0.188. The second kappa shape index (κ2) is 7.01. The molecule has 0 aliphatic heterocycles. The normalized spacial score (nSPS) is 10.5. The van der Waals surface area contributed by atoms with E-state index in [0.29, 0.717) is 0 Å². The number of hydrogen-bond acceptors (Lipinski definition) is 4. The Morgan fingerprint density at radius 3 is 1.17 bits per heavy atom. The van der Waals surface area contributed by atoms with Crippen LogP contribution in [0, 0.1) is 0 Å². The number of rotatable bonds is 2. The van der Waals surface area contributed by atoms with E-state index in [1.54, 1.807) is 0 Å². The molecule has 0 bridgehead atoms. The Morgan fingerprint density at radius 2 is 1.17 bits per heavy atom. The van der Waals surface area contributed by atoms with Gasteiger partial charge in [-0.25, -0.2) is 0 Å². The first kappa shape index (κ1) is 18.4. The van der Waals surface area contributed by atoms with Gasteiger partial charge >= 0.3 is 29.6 Å². The fourth-order valence-corrected chi connectivity index (χ4v) is 1.69. The molecule has 0 amide bonds. The van der Waals surface area contributed by atoms with Crippen molar-refractivity contribution in [3.8, 4) is 0 Å². The molecular formula is C3H9NaO6S2. The van der Waals surface area contributed by atoms with Gasteiger partial charge in [0.25, 0.3) is 20.2 Å². The Labute approximate surface area is 94.9 Å². The molecule has 0 rings (SSSR count). The van der Waals surface area contributed by atoms with Gasteiger partial charge in [0, 0.05) is 0 Å². The molecule has 0 aromatic carbocycles. The van der Waals surface area contributed by atoms with Crippen LogP contribution in [0.25, 0.3) is 0 Å². The van der Waals surface area contributed by atoms with Crippen molar-refractivity contribution in [3.05, 3.63) is 13.2 Å². The average molecular weight is 228 g/mol. The summed E-state index contributed by atoms with van der Waals surface area (Å²) in [5, 5.41) is -1.65. The van der Waals surface area contributed by atoms with Crippen LogP contribution in [0.4, 0.5) is 0 Å². The zero-order valence-corrected chi connectivity index (χ0v) is 10.1. The molecule has 9 heteroatoms. The molecule has 0 unspecified atom stereocenters. The molecule has 6 nitrogen and oxygen atoms in total. The Bertz CT molecular complexity index is 264. The fraction of sp³-hybridized carbons (Fsp3) is 0.333. The van der Waals surface area contributed by atoms with E-state index in [2.05, 4.69) is 13.2 Å². The monoisotopic (exact) mass is 228 g/mol. The second-order valence-corrected chi connectivity index (χ2v) is 4.55. The van der Waals surface area contributed by atoms with Gasteiger partial charge in [0.05, 0.1) is 0 Å². The van der Waals surface area contributed by atoms with Gasteiger partial charge in [-0.2, -0.15) is 16.8 Å². The van der Waals surface area contributed by atoms with Gasteiger partial charge in [-0.15, -0.1) is 13.2 Å². The van der Waals surface area contributed by atoms with Crippen molar-refractivity contribution < 1.29 is 56.9 Å². The van der Waals surface area contributed by atoms with Crippen LogP contribution in [0.15, 0.2) is 13.2 Å². The van der Waals surface area contributed by atoms with Crippen LogP contribution in [0.1, 0.15) is 1.43 Å². The number of hydrogen-bond donors (Lipinski definition) is 2. The minimum absolute atomic E-state index is 0. The summed E-state index contributed by atoms with van der Waals surface area (Å²) < 4.78 is 54.2. The van der Waals surface area contributed by atoms with E-state index in [1.165, 1.54) is 0 Å². The summed E-state index contributed by atoms with van der Waals surface area (Å²) in [6.07, 6.45) is 0. The molecule has 0 radical (unpaired) electrons. The van der Waals surface area contributed by atoms with E-state index in [1.807, 2.05) is 0 Å². The van der Waals surface area contributed by atoms with E-state index in [9.17, 15) is 16.8 Å². The van der Waals surface area contributed by atoms with Crippen LogP contribution >= 0.6 is 0 Å². The molecule has 0 saturated carbocycles. The largest absolute Gasteiger partial charge is 1.00 e. The van der Waals surface area contributed by atoms with Crippen LogP contribution in [-0.4, -0.2) is 31.0 Å². The van der Waals surface area contributed by atoms with Crippen LogP contribution < -0.4 is 29.6 Å². The summed E-state index contributed by atoms with van der Waals surface area (Å²) in [6.45, 7) is 6.00. The van der Waals surface area contributed by atoms with Gasteiger partial charge in [0.2, 0.25) is 5.08 Å². The quantitative estimate of drug-likeness (QED) is 0.290. The minimum atomic E-state index is -4.62. The van der Waals surface area contributed by atoms with Crippen molar-refractivity contribution >= 4 is 20.2 Å². The minimum Gasteiger partial charge on any atom is -1.00 e. The smallest absolute Gasteiger partial charge is 1.00 e. The van der Waals surface area contributed by atoms with E-state index in [0.717, 1.165) is 0 Å². The molecule has 2 N–H and O–H groups in total. The van der Waals surface area contributed by atoms with E-state index >= 15 is 0 Å². The molecule has 0 heterocycles. The van der Waals surface area contributed by atoms with Crippen molar-refractivity contribution in [2.45, 2.75) is 0 Å². The zero-order chi connectivity index (χ0) is 9.71. The van der Waals surface area contributed by atoms with Gasteiger partial charge < -0.3 is 1.43 Å². The molecule has 0 aliphatic rings. The molecule has 0 atom stereocenters. The summed E-state index contributed by atoms with van der Waals surface area (Å²) in [5.41, 5.74) is 0. The average Bonchev–Trinajstić information content (AvgIpc) is 1.60. The molecule has 70 valence electrons. The summed E-state index contributed by atoms with van der Waals surface area (Å²) in [5.74, 6) is 0. The summed E-state index contributed by atoms with van der Waals surface area (Å²) in [4.78, 5) is 0. The van der Waals surface area contributed by atoms with Crippen LogP contribution in [-0.2, 0) is 20.2 Å². The third kappa shape index (κ3) is 22.4. The van der Waals surface area contributed by atoms with Crippen molar-refractivity contribution in [2.24, 2.45) is 0 Å². The van der Waals surface area contributed by atoms with Crippen molar-refractivity contribution in [1.29, 1.82) is 0 Å². The van der Waals surface area contributed by atoms with Crippen LogP contribution in [0.3, 0.4) is 0 Å². The summed E-state index contributed by atoms with van der Waals surface area (Å²) >= 11 is 0. The molecule has 0 aliphatic carbocycles. The predicted octanol–water partition coefficient (Wildman–Crippen LogP) is -3.36. The molecule has 0 aromatic rings. The van der Waals surface area contributed by atoms with Gasteiger partial charge in [0.15, 0.2) is 0 Å². The maximum atomic E-state index is 9.66. The van der Waals surface area contributed by atoms with Crippen LogP contribution in [0.2, 0.25) is 0 Å². The first-order valence-corrected chi connectivity index (χ1v) is 5.33. The Balaban J connectivity index is -0.0000000941. The van der Waals surface area contributed by atoms with Gasteiger partial charge in [-0.1, -0.05) is 0 Å². The predicted molar refractivity (Wildman–Crippen MR) is 40.3 cm³/mol.